The molecule has 0 spiro atoms. The van der Waals surface area contributed by atoms with Crippen LogP contribution in [0.15, 0.2) is 47.1 Å². The molecule has 1 amide bonds. The third-order valence-corrected chi connectivity index (χ3v) is 3.35. The summed E-state index contributed by atoms with van der Waals surface area (Å²) in [5, 5.41) is 20.5. The zero-order valence-electron chi connectivity index (χ0n) is 13.2. The Morgan fingerprint density at radius 1 is 1.38 bits per heavy atom. The highest BCUT2D eigenvalue weighted by Crippen LogP contribution is 2.19. The number of hydrogen-bond acceptors (Lipinski definition) is 5. The third-order valence-electron chi connectivity index (χ3n) is 3.35. The van der Waals surface area contributed by atoms with Gasteiger partial charge in [0.25, 0.3) is 5.91 Å². The molecule has 0 radical (unpaired) electrons. The molecule has 24 heavy (non-hydrogen) atoms. The summed E-state index contributed by atoms with van der Waals surface area (Å²) in [6, 6.07) is 8.35. The highest BCUT2D eigenvalue weighted by Gasteiger charge is 2.09. The molecule has 0 saturated carbocycles. The van der Waals surface area contributed by atoms with E-state index in [1.165, 1.54) is 23.8 Å². The minimum atomic E-state index is -0.375. The van der Waals surface area contributed by atoms with Crippen molar-refractivity contribution in [3.8, 4) is 17.9 Å². The largest absolute Gasteiger partial charge is 0.482 e. The molecule has 2 rings (SSSR count). The minimum absolute atomic E-state index is 0.212. The highest BCUT2D eigenvalue weighted by atomic mass is 16.5. The predicted octanol–water partition coefficient (Wildman–Crippen LogP) is 2.58. The number of carbonyl (C=O) groups is 1. The van der Waals surface area contributed by atoms with E-state index in [2.05, 4.69) is 17.2 Å². The summed E-state index contributed by atoms with van der Waals surface area (Å²) < 4.78 is 5.37. The van der Waals surface area contributed by atoms with Crippen LogP contribution in [0.5, 0.6) is 5.75 Å². The van der Waals surface area contributed by atoms with Crippen LogP contribution in [0.3, 0.4) is 0 Å². The van der Waals surface area contributed by atoms with Gasteiger partial charge >= 0.3 is 0 Å². The fourth-order valence-electron chi connectivity index (χ4n) is 2.02. The Kier molecular flexibility index (Phi) is 5.88. The van der Waals surface area contributed by atoms with E-state index in [-0.39, 0.29) is 23.8 Å². The van der Waals surface area contributed by atoms with Gasteiger partial charge in [0, 0.05) is 6.20 Å². The van der Waals surface area contributed by atoms with Gasteiger partial charge in [0.2, 0.25) is 0 Å². The molecular weight excluding hydrogens is 304 g/mol. The molecule has 6 heteroatoms. The number of allylic oxidation sites excluding steroid dienone is 2. The van der Waals surface area contributed by atoms with Crippen molar-refractivity contribution in [2.75, 3.05) is 6.61 Å². The lowest BCUT2D eigenvalue weighted by Gasteiger charge is -2.08. The van der Waals surface area contributed by atoms with Crippen molar-refractivity contribution in [3.05, 3.63) is 53.3 Å². The van der Waals surface area contributed by atoms with E-state index in [0.717, 1.165) is 12.8 Å². The van der Waals surface area contributed by atoms with Crippen LogP contribution in [0.25, 0.3) is 0 Å². The van der Waals surface area contributed by atoms with Gasteiger partial charge in [-0.3, -0.25) is 4.79 Å². The average molecular weight is 320 g/mol. The van der Waals surface area contributed by atoms with E-state index < -0.39 is 0 Å². The standard InChI is InChI=1S/C18H16N4O2/c1-2-13-4-3-5-17(21-11-13)22-18(23)12-24-16-7-6-14(9-19)8-15(16)10-20/h3,5-8,11H,2,4,12H2,1H3,(H,21,22,23). The summed E-state index contributed by atoms with van der Waals surface area (Å²) in [6.45, 7) is 1.80. The number of aliphatic imine (C=N–C) groups is 1. The van der Waals surface area contributed by atoms with E-state index in [9.17, 15) is 4.79 Å². The van der Waals surface area contributed by atoms with Gasteiger partial charge in [0.1, 0.15) is 17.7 Å². The molecule has 1 aliphatic rings. The van der Waals surface area contributed by atoms with Crippen LogP contribution in [-0.4, -0.2) is 18.3 Å². The van der Waals surface area contributed by atoms with Gasteiger partial charge in [-0.2, -0.15) is 10.5 Å². The monoisotopic (exact) mass is 320 g/mol. The lowest BCUT2D eigenvalue weighted by atomic mass is 10.1. The van der Waals surface area contributed by atoms with Gasteiger partial charge in [0.05, 0.1) is 17.2 Å². The van der Waals surface area contributed by atoms with Gasteiger partial charge in [-0.05, 0) is 42.7 Å². The smallest absolute Gasteiger partial charge is 0.263 e. The summed E-state index contributed by atoms with van der Waals surface area (Å²) in [6.07, 6.45) is 7.17. The quantitative estimate of drug-likeness (QED) is 0.921. The number of ether oxygens (including phenoxy) is 1. The number of amidine groups is 1. The molecule has 120 valence electrons. The van der Waals surface area contributed by atoms with Crippen molar-refractivity contribution >= 4 is 11.7 Å². The van der Waals surface area contributed by atoms with E-state index >= 15 is 0 Å². The fourth-order valence-corrected chi connectivity index (χ4v) is 2.02. The summed E-state index contributed by atoms with van der Waals surface area (Å²) in [5.74, 6) is 0.338. The van der Waals surface area contributed by atoms with E-state index in [4.69, 9.17) is 15.3 Å². The Labute approximate surface area is 140 Å². The maximum atomic E-state index is 12.0. The van der Waals surface area contributed by atoms with E-state index in [0.29, 0.717) is 11.4 Å². The van der Waals surface area contributed by atoms with Gasteiger partial charge in [0.15, 0.2) is 6.61 Å². The molecule has 0 bridgehead atoms. The molecule has 0 aliphatic carbocycles. The molecule has 0 fully saturated rings. The van der Waals surface area contributed by atoms with Crippen LogP contribution < -0.4 is 10.1 Å². The topological polar surface area (TPSA) is 98.3 Å². The molecule has 6 nitrogen and oxygen atoms in total. The Morgan fingerprint density at radius 2 is 2.21 bits per heavy atom. The van der Waals surface area contributed by atoms with Crippen molar-refractivity contribution in [1.82, 2.24) is 5.32 Å². The molecule has 0 atom stereocenters. The van der Waals surface area contributed by atoms with Crippen LogP contribution in [-0.2, 0) is 4.79 Å². The summed E-state index contributed by atoms with van der Waals surface area (Å²) in [5.41, 5.74) is 1.76. The first-order valence-corrected chi connectivity index (χ1v) is 7.45. The molecule has 1 heterocycles. The first-order valence-electron chi connectivity index (χ1n) is 7.45. The Balaban J connectivity index is 1.97. The van der Waals surface area contributed by atoms with Gasteiger partial charge in [-0.1, -0.05) is 13.0 Å². The van der Waals surface area contributed by atoms with Crippen LogP contribution in [0.2, 0.25) is 0 Å². The number of nitrogens with zero attached hydrogens (tertiary/aromatic N) is 3. The van der Waals surface area contributed by atoms with Gasteiger partial charge < -0.3 is 10.1 Å². The normalized spacial score (nSPS) is 13.0. The lowest BCUT2D eigenvalue weighted by molar-refractivity contribution is -0.121. The van der Waals surface area contributed by atoms with E-state index in [1.807, 2.05) is 18.2 Å². The molecular formula is C18H16N4O2. The molecule has 1 aliphatic heterocycles. The second-order valence-electron chi connectivity index (χ2n) is 5.03. The second kappa shape index (κ2) is 8.30. The Hall–Kier alpha value is -3.38. The van der Waals surface area contributed by atoms with Crippen molar-refractivity contribution in [2.24, 2.45) is 4.99 Å². The Bertz CT molecular complexity index is 807. The predicted molar refractivity (Wildman–Crippen MR) is 89.1 cm³/mol. The molecule has 1 aromatic carbocycles. The number of nitriles is 2. The van der Waals surface area contributed by atoms with Crippen molar-refractivity contribution in [1.29, 1.82) is 10.5 Å². The lowest BCUT2D eigenvalue weighted by Crippen LogP contribution is -2.33. The summed E-state index contributed by atoms with van der Waals surface area (Å²) >= 11 is 0. The molecule has 0 unspecified atom stereocenters. The summed E-state index contributed by atoms with van der Waals surface area (Å²) in [7, 11) is 0. The number of benzene rings is 1. The van der Waals surface area contributed by atoms with Crippen molar-refractivity contribution in [2.45, 2.75) is 19.8 Å². The zero-order chi connectivity index (χ0) is 17.4. The SMILES string of the molecule is CCC1=CN=C(NC(=O)COc2ccc(C#N)cc2C#N)C=CC1. The molecule has 1 N–H and O–H groups in total. The maximum Gasteiger partial charge on any atom is 0.263 e. The van der Waals surface area contributed by atoms with Gasteiger partial charge in [-0.15, -0.1) is 0 Å². The number of nitrogens with one attached hydrogen (secondary N) is 1. The van der Waals surface area contributed by atoms with E-state index in [1.54, 1.807) is 12.3 Å². The van der Waals surface area contributed by atoms with Crippen LogP contribution in [0.1, 0.15) is 30.9 Å². The molecule has 0 saturated heterocycles. The first-order chi connectivity index (χ1) is 11.7. The van der Waals surface area contributed by atoms with Crippen molar-refractivity contribution in [3.63, 3.8) is 0 Å². The van der Waals surface area contributed by atoms with Crippen LogP contribution in [0.4, 0.5) is 0 Å². The third kappa shape index (κ3) is 4.56. The second-order valence-corrected chi connectivity index (χ2v) is 5.03. The maximum absolute atomic E-state index is 12.0. The molecule has 0 aromatic heterocycles. The Morgan fingerprint density at radius 3 is 2.92 bits per heavy atom. The highest BCUT2D eigenvalue weighted by molar-refractivity contribution is 6.05. The minimum Gasteiger partial charge on any atom is -0.482 e. The average Bonchev–Trinajstić information content (AvgIpc) is 2.84. The fraction of sp³-hybridized carbons (Fsp3) is 0.222. The zero-order valence-corrected chi connectivity index (χ0v) is 13.2. The number of rotatable bonds is 4. The summed E-state index contributed by atoms with van der Waals surface area (Å²) in [4.78, 5) is 16.2. The van der Waals surface area contributed by atoms with Crippen LogP contribution >= 0.6 is 0 Å². The number of hydrogen-bond donors (Lipinski definition) is 1. The number of carbonyl (C=O) groups excluding carboxylic acids is 1. The van der Waals surface area contributed by atoms with Gasteiger partial charge in [-0.25, -0.2) is 4.99 Å². The first kappa shape index (κ1) is 17.0. The molecule has 1 aromatic rings. The van der Waals surface area contributed by atoms with Crippen molar-refractivity contribution < 1.29 is 9.53 Å². The van der Waals surface area contributed by atoms with Crippen LogP contribution in [0, 0.1) is 22.7 Å². The number of amides is 1.